The van der Waals surface area contributed by atoms with Gasteiger partial charge < -0.3 is 5.32 Å². The topological polar surface area (TPSA) is 29.1 Å². The Labute approximate surface area is 116 Å². The zero-order valence-electron chi connectivity index (χ0n) is 10.4. The maximum Gasteiger partial charge on any atom is 0.256 e. The van der Waals surface area contributed by atoms with E-state index < -0.39 is 0 Å². The molecule has 2 nitrogen and oxygen atoms in total. The molecule has 2 aromatic rings. The number of hydrogen-bond acceptors (Lipinski definition) is 1. The average molecular weight is 270 g/mol. The fourth-order valence-corrected chi connectivity index (χ4v) is 2.30. The third kappa shape index (κ3) is 2.27. The first-order chi connectivity index (χ1) is 9.13. The number of hydrogen-bond donors (Lipinski definition) is 1. The lowest BCUT2D eigenvalue weighted by Crippen LogP contribution is -2.03. The quantitative estimate of drug-likeness (QED) is 0.775. The Morgan fingerprint density at radius 2 is 1.84 bits per heavy atom. The van der Waals surface area contributed by atoms with Gasteiger partial charge in [0.05, 0.1) is 0 Å². The van der Waals surface area contributed by atoms with E-state index in [0.29, 0.717) is 10.6 Å². The van der Waals surface area contributed by atoms with Crippen molar-refractivity contribution in [3.63, 3.8) is 0 Å². The van der Waals surface area contributed by atoms with Crippen LogP contribution in [-0.2, 0) is 4.79 Å². The molecule has 0 saturated heterocycles. The van der Waals surface area contributed by atoms with Gasteiger partial charge in [-0.1, -0.05) is 35.4 Å². The van der Waals surface area contributed by atoms with Crippen LogP contribution in [0.3, 0.4) is 0 Å². The van der Waals surface area contributed by atoms with Gasteiger partial charge in [0.1, 0.15) is 0 Å². The molecule has 1 heterocycles. The van der Waals surface area contributed by atoms with Gasteiger partial charge >= 0.3 is 0 Å². The highest BCUT2D eigenvalue weighted by Gasteiger charge is 2.23. The van der Waals surface area contributed by atoms with E-state index in [9.17, 15) is 4.79 Å². The summed E-state index contributed by atoms with van der Waals surface area (Å²) in [6.45, 7) is 2.02. The van der Waals surface area contributed by atoms with Gasteiger partial charge in [-0.05, 0) is 42.8 Å². The van der Waals surface area contributed by atoms with Crippen molar-refractivity contribution >= 4 is 34.8 Å². The van der Waals surface area contributed by atoms with Gasteiger partial charge in [-0.3, -0.25) is 4.79 Å². The van der Waals surface area contributed by atoms with Crippen LogP contribution in [0.25, 0.3) is 11.6 Å². The Morgan fingerprint density at radius 1 is 1.11 bits per heavy atom. The first-order valence-electron chi connectivity index (χ1n) is 6.03. The molecule has 0 saturated carbocycles. The highest BCUT2D eigenvalue weighted by Crippen LogP contribution is 2.33. The molecule has 2 aromatic carbocycles. The molecule has 3 rings (SSSR count). The number of anilines is 1. The van der Waals surface area contributed by atoms with Crippen LogP contribution < -0.4 is 5.32 Å². The SMILES string of the molecule is Cc1ccc2c(c1)/C(=C\c1ccc(Cl)cc1)C(=O)N2. The summed E-state index contributed by atoms with van der Waals surface area (Å²) in [5.41, 5.74) is 4.62. The molecular formula is C16H12ClNO. The van der Waals surface area contributed by atoms with Crippen molar-refractivity contribution in [1.29, 1.82) is 0 Å². The Hall–Kier alpha value is -2.06. The normalized spacial score (nSPS) is 15.5. The summed E-state index contributed by atoms with van der Waals surface area (Å²) in [7, 11) is 0. The summed E-state index contributed by atoms with van der Waals surface area (Å²) < 4.78 is 0. The van der Waals surface area contributed by atoms with Crippen LogP contribution in [0.2, 0.25) is 5.02 Å². The molecule has 1 aliphatic rings. The number of aryl methyl sites for hydroxylation is 1. The van der Waals surface area contributed by atoms with E-state index in [4.69, 9.17) is 11.6 Å². The van der Waals surface area contributed by atoms with E-state index in [-0.39, 0.29) is 5.91 Å². The van der Waals surface area contributed by atoms with Crippen LogP contribution in [0.15, 0.2) is 42.5 Å². The van der Waals surface area contributed by atoms with E-state index in [1.54, 1.807) is 0 Å². The molecule has 3 heteroatoms. The molecular weight excluding hydrogens is 258 g/mol. The zero-order valence-corrected chi connectivity index (χ0v) is 11.2. The standard InChI is InChI=1S/C16H12ClNO/c1-10-2-7-15-13(8-10)14(16(19)18-15)9-11-3-5-12(17)6-4-11/h2-9H,1H3,(H,18,19)/b14-9+. The van der Waals surface area contributed by atoms with Crippen molar-refractivity contribution < 1.29 is 4.79 Å². The lowest BCUT2D eigenvalue weighted by molar-refractivity contribution is -0.110. The van der Waals surface area contributed by atoms with Gasteiger partial charge in [-0.2, -0.15) is 0 Å². The number of carbonyl (C=O) groups is 1. The predicted molar refractivity (Wildman–Crippen MR) is 79.1 cm³/mol. The zero-order chi connectivity index (χ0) is 13.4. The van der Waals surface area contributed by atoms with Crippen LogP contribution in [-0.4, -0.2) is 5.91 Å². The van der Waals surface area contributed by atoms with E-state index >= 15 is 0 Å². The Balaban J connectivity index is 2.08. The molecule has 0 aliphatic carbocycles. The third-order valence-electron chi connectivity index (χ3n) is 3.14. The average Bonchev–Trinajstić information content (AvgIpc) is 2.69. The number of benzene rings is 2. The molecule has 1 amide bonds. The van der Waals surface area contributed by atoms with Gasteiger partial charge in [0.2, 0.25) is 0 Å². The molecule has 1 aliphatic heterocycles. The second-order valence-electron chi connectivity index (χ2n) is 4.61. The van der Waals surface area contributed by atoms with E-state index in [2.05, 4.69) is 5.32 Å². The Kier molecular flexibility index (Phi) is 2.88. The monoisotopic (exact) mass is 269 g/mol. The maximum atomic E-state index is 12.0. The molecule has 19 heavy (non-hydrogen) atoms. The highest BCUT2D eigenvalue weighted by molar-refractivity contribution is 6.35. The van der Waals surface area contributed by atoms with Gasteiger partial charge in [0.25, 0.3) is 5.91 Å². The Morgan fingerprint density at radius 3 is 2.58 bits per heavy atom. The predicted octanol–water partition coefficient (Wildman–Crippen LogP) is 4.14. The van der Waals surface area contributed by atoms with Crippen molar-refractivity contribution in [3.8, 4) is 0 Å². The van der Waals surface area contributed by atoms with Crippen LogP contribution in [0.5, 0.6) is 0 Å². The molecule has 94 valence electrons. The molecule has 0 spiro atoms. The van der Waals surface area contributed by atoms with Crippen LogP contribution >= 0.6 is 11.6 Å². The molecule has 0 bridgehead atoms. The number of amides is 1. The second-order valence-corrected chi connectivity index (χ2v) is 5.05. The van der Waals surface area contributed by atoms with Gasteiger partial charge in [-0.25, -0.2) is 0 Å². The van der Waals surface area contributed by atoms with E-state index in [1.165, 1.54) is 0 Å². The van der Waals surface area contributed by atoms with Crippen LogP contribution in [0, 0.1) is 6.92 Å². The van der Waals surface area contributed by atoms with E-state index in [0.717, 1.165) is 22.4 Å². The fraction of sp³-hybridized carbons (Fsp3) is 0.0625. The first-order valence-corrected chi connectivity index (χ1v) is 6.41. The number of carbonyl (C=O) groups excluding carboxylic acids is 1. The number of rotatable bonds is 1. The summed E-state index contributed by atoms with van der Waals surface area (Å²) in [5.74, 6) is -0.0597. The summed E-state index contributed by atoms with van der Waals surface area (Å²) in [5, 5.41) is 3.56. The van der Waals surface area contributed by atoms with Gasteiger partial charge in [0.15, 0.2) is 0 Å². The van der Waals surface area contributed by atoms with Crippen molar-refractivity contribution in [2.75, 3.05) is 5.32 Å². The number of nitrogens with one attached hydrogen (secondary N) is 1. The van der Waals surface area contributed by atoms with Crippen LogP contribution in [0.4, 0.5) is 5.69 Å². The second kappa shape index (κ2) is 4.56. The lowest BCUT2D eigenvalue weighted by atomic mass is 10.0. The highest BCUT2D eigenvalue weighted by atomic mass is 35.5. The fourth-order valence-electron chi connectivity index (χ4n) is 2.17. The Bertz CT molecular complexity index is 686. The molecule has 0 radical (unpaired) electrons. The minimum Gasteiger partial charge on any atom is -0.321 e. The first kappa shape index (κ1) is 12.0. The summed E-state index contributed by atoms with van der Waals surface area (Å²) in [4.78, 5) is 12.0. The minimum absolute atomic E-state index is 0.0597. The van der Waals surface area contributed by atoms with E-state index in [1.807, 2.05) is 55.5 Å². The number of fused-ring (bicyclic) bond motifs is 1. The molecule has 0 fully saturated rings. The molecule has 0 unspecified atom stereocenters. The van der Waals surface area contributed by atoms with Gasteiger partial charge in [-0.15, -0.1) is 0 Å². The van der Waals surface area contributed by atoms with Gasteiger partial charge in [0, 0.05) is 21.8 Å². The largest absolute Gasteiger partial charge is 0.321 e. The summed E-state index contributed by atoms with van der Waals surface area (Å²) >= 11 is 5.86. The maximum absolute atomic E-state index is 12.0. The van der Waals surface area contributed by atoms with Crippen molar-refractivity contribution in [3.05, 3.63) is 64.2 Å². The molecule has 0 atom stereocenters. The smallest absolute Gasteiger partial charge is 0.256 e. The summed E-state index contributed by atoms with van der Waals surface area (Å²) in [6.07, 6.45) is 1.89. The third-order valence-corrected chi connectivity index (χ3v) is 3.39. The van der Waals surface area contributed by atoms with Crippen molar-refractivity contribution in [2.45, 2.75) is 6.92 Å². The minimum atomic E-state index is -0.0597. The summed E-state index contributed by atoms with van der Waals surface area (Å²) in [6, 6.07) is 13.4. The molecule has 1 N–H and O–H groups in total. The van der Waals surface area contributed by atoms with Crippen LogP contribution in [0.1, 0.15) is 16.7 Å². The lowest BCUT2D eigenvalue weighted by Gasteiger charge is -2.00. The van der Waals surface area contributed by atoms with Crippen molar-refractivity contribution in [1.82, 2.24) is 0 Å². The molecule has 0 aromatic heterocycles. The van der Waals surface area contributed by atoms with Crippen molar-refractivity contribution in [2.24, 2.45) is 0 Å². The number of halogens is 1.